The lowest BCUT2D eigenvalue weighted by atomic mass is 10.1. The summed E-state index contributed by atoms with van der Waals surface area (Å²) < 4.78 is 2.20. The SMILES string of the molecule is OC(c1cncc(-n2cccn2)c1)C1CN=C(Cl)S1. The Bertz CT molecular complexity index is 602. The van der Waals surface area contributed by atoms with Crippen molar-refractivity contribution in [3.8, 4) is 5.69 Å². The van der Waals surface area contributed by atoms with Gasteiger partial charge in [-0.25, -0.2) is 4.68 Å². The van der Waals surface area contributed by atoms with E-state index in [4.69, 9.17) is 11.6 Å². The number of hydrogen-bond donors (Lipinski definition) is 1. The van der Waals surface area contributed by atoms with Crippen molar-refractivity contribution in [1.29, 1.82) is 0 Å². The van der Waals surface area contributed by atoms with Gasteiger partial charge in [0.15, 0.2) is 4.50 Å². The lowest BCUT2D eigenvalue weighted by molar-refractivity contribution is 0.177. The summed E-state index contributed by atoms with van der Waals surface area (Å²) >= 11 is 7.21. The van der Waals surface area contributed by atoms with E-state index < -0.39 is 6.10 Å². The van der Waals surface area contributed by atoms with E-state index in [1.807, 2.05) is 18.3 Å². The van der Waals surface area contributed by atoms with Crippen LogP contribution in [0.1, 0.15) is 11.7 Å². The molecule has 2 unspecified atom stereocenters. The first-order chi connectivity index (χ1) is 9.24. The first-order valence-corrected chi connectivity index (χ1v) is 6.99. The molecule has 1 aliphatic heterocycles. The van der Waals surface area contributed by atoms with E-state index in [2.05, 4.69) is 15.1 Å². The van der Waals surface area contributed by atoms with Crippen LogP contribution in [0.3, 0.4) is 0 Å². The largest absolute Gasteiger partial charge is 0.387 e. The third kappa shape index (κ3) is 2.65. The molecule has 1 N–H and O–H groups in total. The maximum Gasteiger partial charge on any atom is 0.158 e. The Kier molecular flexibility index (Phi) is 3.54. The molecule has 7 heteroatoms. The quantitative estimate of drug-likeness (QED) is 0.940. The third-order valence-electron chi connectivity index (χ3n) is 2.85. The van der Waals surface area contributed by atoms with Crippen LogP contribution in [-0.2, 0) is 0 Å². The molecular formula is C12H11ClN4OS. The summed E-state index contributed by atoms with van der Waals surface area (Å²) in [5, 5.41) is 14.4. The van der Waals surface area contributed by atoms with Gasteiger partial charge in [-0.1, -0.05) is 23.4 Å². The van der Waals surface area contributed by atoms with E-state index >= 15 is 0 Å². The fourth-order valence-electron chi connectivity index (χ4n) is 1.89. The first kappa shape index (κ1) is 12.7. The van der Waals surface area contributed by atoms with Gasteiger partial charge in [-0.05, 0) is 12.1 Å². The molecule has 2 aromatic heterocycles. The van der Waals surface area contributed by atoms with Crippen LogP contribution >= 0.6 is 23.4 Å². The van der Waals surface area contributed by atoms with Gasteiger partial charge < -0.3 is 5.11 Å². The van der Waals surface area contributed by atoms with E-state index in [9.17, 15) is 5.11 Å². The minimum absolute atomic E-state index is 0.0535. The average Bonchev–Trinajstić information content (AvgIpc) is 3.09. The molecule has 0 saturated carbocycles. The van der Waals surface area contributed by atoms with Crippen LogP contribution in [0.2, 0.25) is 0 Å². The molecule has 3 rings (SSSR count). The van der Waals surface area contributed by atoms with Gasteiger partial charge in [0, 0.05) is 24.2 Å². The van der Waals surface area contributed by atoms with Gasteiger partial charge in [-0.2, -0.15) is 5.10 Å². The van der Waals surface area contributed by atoms with Crippen molar-refractivity contribution in [1.82, 2.24) is 14.8 Å². The number of thioether (sulfide) groups is 1. The zero-order chi connectivity index (χ0) is 13.2. The molecule has 0 bridgehead atoms. The monoisotopic (exact) mass is 294 g/mol. The number of aliphatic imine (C=N–C) groups is 1. The predicted molar refractivity (Wildman–Crippen MR) is 75.9 cm³/mol. The van der Waals surface area contributed by atoms with Gasteiger partial charge in [-0.15, -0.1) is 0 Å². The van der Waals surface area contributed by atoms with Crippen LogP contribution in [0.5, 0.6) is 0 Å². The molecule has 0 amide bonds. The van der Waals surface area contributed by atoms with Crippen molar-refractivity contribution in [2.45, 2.75) is 11.4 Å². The molecule has 1 aliphatic rings. The number of aromatic nitrogens is 3. The van der Waals surface area contributed by atoms with Gasteiger partial charge >= 0.3 is 0 Å². The number of aliphatic hydroxyl groups is 1. The maximum absolute atomic E-state index is 10.3. The summed E-state index contributed by atoms with van der Waals surface area (Å²) in [7, 11) is 0. The standard InChI is InChI=1S/C12H11ClN4OS/c13-12-15-7-10(19-12)11(18)8-4-9(6-14-5-8)17-3-1-2-16-17/h1-6,10-11,18H,7H2. The molecule has 19 heavy (non-hydrogen) atoms. The molecule has 0 spiro atoms. The van der Waals surface area contributed by atoms with Gasteiger partial charge in [0.05, 0.1) is 29.8 Å². The topological polar surface area (TPSA) is 63.3 Å². The summed E-state index contributed by atoms with van der Waals surface area (Å²) in [6.45, 7) is 0.524. The summed E-state index contributed by atoms with van der Waals surface area (Å²) in [4.78, 5) is 8.24. The Morgan fingerprint density at radius 2 is 2.37 bits per heavy atom. The van der Waals surface area contributed by atoms with Crippen molar-refractivity contribution in [2.24, 2.45) is 4.99 Å². The Balaban J connectivity index is 1.83. The highest BCUT2D eigenvalue weighted by Crippen LogP contribution is 2.33. The minimum Gasteiger partial charge on any atom is -0.387 e. The van der Waals surface area contributed by atoms with Crippen molar-refractivity contribution < 1.29 is 5.11 Å². The van der Waals surface area contributed by atoms with Gasteiger partial charge in [-0.3, -0.25) is 9.98 Å². The molecule has 2 aromatic rings. The van der Waals surface area contributed by atoms with Crippen molar-refractivity contribution in [3.05, 3.63) is 42.5 Å². The highest BCUT2D eigenvalue weighted by atomic mass is 35.5. The average molecular weight is 295 g/mol. The van der Waals surface area contributed by atoms with E-state index in [-0.39, 0.29) is 5.25 Å². The third-order valence-corrected chi connectivity index (χ3v) is 4.27. The van der Waals surface area contributed by atoms with Crippen LogP contribution in [0.4, 0.5) is 0 Å². The molecular weight excluding hydrogens is 284 g/mol. The summed E-state index contributed by atoms with van der Waals surface area (Å²) in [6.07, 6.45) is 6.24. The van der Waals surface area contributed by atoms with Crippen molar-refractivity contribution in [3.63, 3.8) is 0 Å². The second-order valence-electron chi connectivity index (χ2n) is 4.12. The number of rotatable bonds is 3. The number of aliphatic hydroxyl groups excluding tert-OH is 1. The molecule has 3 heterocycles. The zero-order valence-electron chi connectivity index (χ0n) is 9.85. The maximum atomic E-state index is 10.3. The van der Waals surface area contributed by atoms with Crippen molar-refractivity contribution >= 4 is 27.9 Å². The van der Waals surface area contributed by atoms with Crippen LogP contribution in [0, 0.1) is 0 Å². The lowest BCUT2D eigenvalue weighted by Gasteiger charge is -2.16. The number of halogens is 1. The van der Waals surface area contributed by atoms with E-state index in [0.29, 0.717) is 11.0 Å². The molecule has 0 aliphatic carbocycles. The van der Waals surface area contributed by atoms with E-state index in [1.165, 1.54) is 11.8 Å². The second kappa shape index (κ2) is 5.32. The van der Waals surface area contributed by atoms with Gasteiger partial charge in [0.2, 0.25) is 0 Å². The van der Waals surface area contributed by atoms with Gasteiger partial charge in [0.25, 0.3) is 0 Å². The van der Waals surface area contributed by atoms with E-state index in [1.54, 1.807) is 23.3 Å². The smallest absolute Gasteiger partial charge is 0.158 e. The van der Waals surface area contributed by atoms with Gasteiger partial charge in [0.1, 0.15) is 0 Å². The Hall–Kier alpha value is -1.37. The highest BCUT2D eigenvalue weighted by molar-refractivity contribution is 8.17. The van der Waals surface area contributed by atoms with Crippen LogP contribution in [-0.4, -0.2) is 36.2 Å². The number of hydrogen-bond acceptors (Lipinski definition) is 5. The number of pyridine rings is 1. The summed E-state index contributed by atoms with van der Waals surface area (Å²) in [6, 6.07) is 3.71. The molecule has 0 aromatic carbocycles. The van der Waals surface area contributed by atoms with E-state index in [0.717, 1.165) is 11.3 Å². The molecule has 0 radical (unpaired) electrons. The molecule has 5 nitrogen and oxygen atoms in total. The normalized spacial score (nSPS) is 20.3. The summed E-state index contributed by atoms with van der Waals surface area (Å²) in [5.74, 6) is 0. The van der Waals surface area contributed by atoms with Crippen LogP contribution < -0.4 is 0 Å². The summed E-state index contributed by atoms with van der Waals surface area (Å²) in [5.41, 5.74) is 1.56. The molecule has 98 valence electrons. The first-order valence-electron chi connectivity index (χ1n) is 5.73. The highest BCUT2D eigenvalue weighted by Gasteiger charge is 2.27. The van der Waals surface area contributed by atoms with Crippen LogP contribution in [0.15, 0.2) is 41.9 Å². The molecule has 0 saturated heterocycles. The number of nitrogens with zero attached hydrogens (tertiary/aromatic N) is 4. The van der Waals surface area contributed by atoms with Crippen molar-refractivity contribution in [2.75, 3.05) is 6.54 Å². The second-order valence-corrected chi connectivity index (χ2v) is 5.93. The molecule has 0 fully saturated rings. The minimum atomic E-state index is -0.645. The Morgan fingerprint density at radius 1 is 1.47 bits per heavy atom. The zero-order valence-corrected chi connectivity index (χ0v) is 11.4. The lowest BCUT2D eigenvalue weighted by Crippen LogP contribution is -2.16. The fourth-order valence-corrected chi connectivity index (χ4v) is 3.14. The Labute approximate surface area is 119 Å². The van der Waals surface area contributed by atoms with Crippen LogP contribution in [0.25, 0.3) is 5.69 Å². The Morgan fingerprint density at radius 3 is 3.05 bits per heavy atom. The fraction of sp³-hybridized carbons (Fsp3) is 0.250. The predicted octanol–water partition coefficient (Wildman–Crippen LogP) is 2.01. The molecule has 2 atom stereocenters.